The van der Waals surface area contributed by atoms with Gasteiger partial charge in [0.15, 0.2) is 0 Å². The van der Waals surface area contributed by atoms with Crippen LogP contribution in [0.2, 0.25) is 15.1 Å². The highest BCUT2D eigenvalue weighted by molar-refractivity contribution is 6.53. The van der Waals surface area contributed by atoms with E-state index in [1.807, 2.05) is 0 Å². The molecule has 35 heavy (non-hydrogen) atoms. The number of carbonyl (C=O) groups excluding carboxylic acids is 3. The quantitative estimate of drug-likeness (QED) is 0.341. The molecule has 0 bridgehead atoms. The first-order valence-electron chi connectivity index (χ1n) is 10.3. The summed E-state index contributed by atoms with van der Waals surface area (Å²) >= 11 is 24.3. The first-order chi connectivity index (χ1) is 16.7. The van der Waals surface area contributed by atoms with Crippen LogP contribution >= 0.6 is 46.4 Å². The van der Waals surface area contributed by atoms with Gasteiger partial charge in [0.2, 0.25) is 5.91 Å². The van der Waals surface area contributed by atoms with Crippen molar-refractivity contribution in [2.45, 2.75) is 13.3 Å². The molecule has 6 nitrogen and oxygen atoms in total. The Morgan fingerprint density at radius 2 is 1.60 bits per heavy atom. The van der Waals surface area contributed by atoms with Crippen LogP contribution in [0.15, 0.2) is 71.4 Å². The Morgan fingerprint density at radius 1 is 0.886 bits per heavy atom. The average Bonchev–Trinajstić information content (AvgIpc) is 3.02. The van der Waals surface area contributed by atoms with Crippen molar-refractivity contribution in [2.75, 3.05) is 15.5 Å². The summed E-state index contributed by atoms with van der Waals surface area (Å²) in [6, 6.07) is 16.6. The van der Waals surface area contributed by atoms with Gasteiger partial charge >= 0.3 is 0 Å². The number of anilines is 3. The van der Waals surface area contributed by atoms with Crippen molar-refractivity contribution in [1.29, 1.82) is 0 Å². The molecular formula is C25H17Cl4N3O3. The van der Waals surface area contributed by atoms with Gasteiger partial charge in [0.05, 0.1) is 22.8 Å². The van der Waals surface area contributed by atoms with Crippen molar-refractivity contribution >= 4 is 81.2 Å². The zero-order valence-electron chi connectivity index (χ0n) is 18.2. The van der Waals surface area contributed by atoms with Crippen LogP contribution < -0.4 is 15.5 Å². The number of halogens is 4. The fraction of sp³-hybridized carbons (Fsp3) is 0.0800. The van der Waals surface area contributed by atoms with E-state index in [2.05, 4.69) is 10.6 Å². The van der Waals surface area contributed by atoms with Gasteiger partial charge in [-0.2, -0.15) is 0 Å². The lowest BCUT2D eigenvalue weighted by Gasteiger charge is -2.18. The Labute approximate surface area is 221 Å². The van der Waals surface area contributed by atoms with E-state index in [1.165, 1.54) is 0 Å². The van der Waals surface area contributed by atoms with Crippen LogP contribution in [0, 0.1) is 6.92 Å². The van der Waals surface area contributed by atoms with Crippen molar-refractivity contribution in [1.82, 2.24) is 0 Å². The number of imide groups is 1. The van der Waals surface area contributed by atoms with Crippen LogP contribution in [-0.2, 0) is 20.8 Å². The van der Waals surface area contributed by atoms with Gasteiger partial charge < -0.3 is 10.6 Å². The zero-order chi connectivity index (χ0) is 25.3. The van der Waals surface area contributed by atoms with Crippen molar-refractivity contribution in [3.8, 4) is 0 Å². The predicted molar refractivity (Wildman–Crippen MR) is 140 cm³/mol. The Kier molecular flexibility index (Phi) is 7.38. The maximum absolute atomic E-state index is 13.0. The summed E-state index contributed by atoms with van der Waals surface area (Å²) in [5, 5.41) is 6.67. The third-order valence-electron chi connectivity index (χ3n) is 5.30. The molecule has 0 unspecified atom stereocenters. The number of carbonyl (C=O) groups is 3. The lowest BCUT2D eigenvalue weighted by Crippen LogP contribution is -2.32. The second kappa shape index (κ2) is 10.3. The topological polar surface area (TPSA) is 78.5 Å². The molecule has 0 saturated carbocycles. The number of hydrogen-bond donors (Lipinski definition) is 2. The number of nitrogens with zero attached hydrogens (tertiary/aromatic N) is 1. The molecule has 1 aliphatic heterocycles. The van der Waals surface area contributed by atoms with Crippen LogP contribution in [0.1, 0.15) is 11.1 Å². The summed E-state index contributed by atoms with van der Waals surface area (Å²) in [5.74, 6) is -1.49. The summed E-state index contributed by atoms with van der Waals surface area (Å²) in [5.41, 5.74) is 2.62. The number of nitrogens with one attached hydrogen (secondary N) is 2. The summed E-state index contributed by atoms with van der Waals surface area (Å²) in [6.07, 6.45) is 0.0991. The first kappa shape index (κ1) is 25.1. The Hall–Kier alpha value is -3.03. The summed E-state index contributed by atoms with van der Waals surface area (Å²) in [4.78, 5) is 39.1. The minimum Gasteiger partial charge on any atom is -0.350 e. The van der Waals surface area contributed by atoms with Gasteiger partial charge in [-0.3, -0.25) is 14.4 Å². The maximum atomic E-state index is 13.0. The molecule has 0 aromatic heterocycles. The van der Waals surface area contributed by atoms with E-state index in [1.54, 1.807) is 67.6 Å². The standard InChI is InChI=1S/C25H17Cl4N3O3/c1-13-17(27)3-2-4-20(13)32-24(34)22(29)23(25(32)35)30-16-8-5-14(6-9-16)11-21(33)31-19-10-7-15(26)12-18(19)28/h2-10,12,30H,11H2,1H3,(H,31,33). The van der Waals surface area contributed by atoms with Crippen LogP contribution in [0.3, 0.4) is 0 Å². The fourth-order valence-corrected chi connectivity index (χ4v) is 4.33. The number of rotatable bonds is 6. The summed E-state index contributed by atoms with van der Waals surface area (Å²) < 4.78 is 0. The van der Waals surface area contributed by atoms with E-state index in [0.717, 1.165) is 10.5 Å². The Balaban J connectivity index is 1.44. The molecule has 2 N–H and O–H groups in total. The molecule has 10 heteroatoms. The van der Waals surface area contributed by atoms with Gasteiger partial charge in [-0.05, 0) is 60.5 Å². The highest BCUT2D eigenvalue weighted by Gasteiger charge is 2.39. The molecule has 0 atom stereocenters. The van der Waals surface area contributed by atoms with E-state index in [0.29, 0.717) is 37.7 Å². The third kappa shape index (κ3) is 5.31. The molecule has 3 aromatic carbocycles. The molecular weight excluding hydrogens is 532 g/mol. The predicted octanol–water partition coefficient (Wildman–Crippen LogP) is 6.57. The van der Waals surface area contributed by atoms with Crippen LogP contribution in [0.5, 0.6) is 0 Å². The van der Waals surface area contributed by atoms with E-state index < -0.39 is 11.8 Å². The van der Waals surface area contributed by atoms with Crippen LogP contribution in [0.4, 0.5) is 17.1 Å². The zero-order valence-corrected chi connectivity index (χ0v) is 21.2. The van der Waals surface area contributed by atoms with Crippen molar-refractivity contribution in [3.63, 3.8) is 0 Å². The van der Waals surface area contributed by atoms with Gasteiger partial charge in [-0.15, -0.1) is 0 Å². The van der Waals surface area contributed by atoms with Gasteiger partial charge in [-0.25, -0.2) is 4.90 Å². The molecule has 0 spiro atoms. The first-order valence-corrected chi connectivity index (χ1v) is 11.8. The second-order valence-corrected chi connectivity index (χ2v) is 9.32. The number of hydrogen-bond acceptors (Lipinski definition) is 4. The minimum atomic E-state index is -0.640. The molecule has 0 aliphatic carbocycles. The molecule has 178 valence electrons. The Bertz CT molecular complexity index is 1390. The van der Waals surface area contributed by atoms with Gasteiger partial charge in [-0.1, -0.05) is 64.6 Å². The summed E-state index contributed by atoms with van der Waals surface area (Å²) in [6.45, 7) is 1.72. The second-order valence-electron chi connectivity index (χ2n) is 7.69. The molecule has 0 radical (unpaired) electrons. The van der Waals surface area contributed by atoms with E-state index in [9.17, 15) is 14.4 Å². The molecule has 3 aromatic rings. The van der Waals surface area contributed by atoms with Crippen molar-refractivity contribution < 1.29 is 14.4 Å². The number of benzene rings is 3. The third-order valence-corrected chi connectivity index (χ3v) is 6.61. The summed E-state index contributed by atoms with van der Waals surface area (Å²) in [7, 11) is 0. The van der Waals surface area contributed by atoms with Crippen LogP contribution in [-0.4, -0.2) is 17.7 Å². The van der Waals surface area contributed by atoms with Crippen LogP contribution in [0.25, 0.3) is 0 Å². The minimum absolute atomic E-state index is 0.0427. The smallest absolute Gasteiger partial charge is 0.283 e. The monoisotopic (exact) mass is 547 g/mol. The lowest BCUT2D eigenvalue weighted by molar-refractivity contribution is -0.120. The largest absolute Gasteiger partial charge is 0.350 e. The molecule has 1 aliphatic rings. The van der Waals surface area contributed by atoms with Gasteiger partial charge in [0.25, 0.3) is 11.8 Å². The SMILES string of the molecule is Cc1c(Cl)cccc1N1C(=O)C(Cl)=C(Nc2ccc(CC(=O)Nc3ccc(Cl)cc3Cl)cc2)C1=O. The van der Waals surface area contributed by atoms with Crippen molar-refractivity contribution in [3.05, 3.63) is 97.6 Å². The highest BCUT2D eigenvalue weighted by Crippen LogP contribution is 2.34. The molecule has 1 heterocycles. The van der Waals surface area contributed by atoms with Crippen molar-refractivity contribution in [2.24, 2.45) is 0 Å². The molecule has 3 amide bonds. The van der Waals surface area contributed by atoms with Gasteiger partial charge in [0, 0.05) is 15.7 Å². The van der Waals surface area contributed by atoms with E-state index in [4.69, 9.17) is 46.4 Å². The maximum Gasteiger partial charge on any atom is 0.283 e. The normalized spacial score (nSPS) is 13.5. The fourth-order valence-electron chi connectivity index (χ4n) is 3.49. The molecule has 0 saturated heterocycles. The molecule has 0 fully saturated rings. The van der Waals surface area contributed by atoms with E-state index >= 15 is 0 Å². The lowest BCUT2D eigenvalue weighted by atomic mass is 10.1. The number of amides is 3. The average molecular weight is 549 g/mol. The van der Waals surface area contributed by atoms with E-state index in [-0.39, 0.29) is 23.1 Å². The highest BCUT2D eigenvalue weighted by atomic mass is 35.5. The van der Waals surface area contributed by atoms with Gasteiger partial charge in [0.1, 0.15) is 10.7 Å². The Morgan fingerprint density at radius 3 is 2.29 bits per heavy atom. The molecule has 4 rings (SSSR count).